The molecule has 0 heterocycles. The Hall–Kier alpha value is -2.47. The molecule has 0 aliphatic heterocycles. The van der Waals surface area contributed by atoms with Crippen molar-refractivity contribution < 1.29 is 29.3 Å². The van der Waals surface area contributed by atoms with Crippen molar-refractivity contribution in [2.45, 2.75) is 57.5 Å². The van der Waals surface area contributed by atoms with E-state index in [-0.39, 0.29) is 43.9 Å². The minimum Gasteiger partial charge on any atom is -0.482 e. The standard InChI is InChI=1S/C29H37IN2O6/c1-20(2)37-16-8-14-32(27(34)17-21-9-4-3-5-10-21)24-18-22(29(36)31-13-15-33)19-26(28(24)35)38-25-12-7-6-11-23(25)30/h3-7,9-12,19-20,24,26,28,33,35H,8,13-18H2,1-2H3,(H,31,36)/t24-,26+,28+/m1/s1. The zero-order valence-corrected chi connectivity index (χ0v) is 24.0. The summed E-state index contributed by atoms with van der Waals surface area (Å²) in [5.74, 6) is 0.0809. The van der Waals surface area contributed by atoms with Crippen molar-refractivity contribution >= 4 is 34.4 Å². The van der Waals surface area contributed by atoms with Crippen LogP contribution in [0.3, 0.4) is 0 Å². The van der Waals surface area contributed by atoms with Crippen LogP contribution in [0.15, 0.2) is 66.2 Å². The molecule has 9 heteroatoms. The first kappa shape index (κ1) is 30.1. The molecule has 2 amide bonds. The van der Waals surface area contributed by atoms with Crippen molar-refractivity contribution in [3.63, 3.8) is 0 Å². The van der Waals surface area contributed by atoms with Crippen molar-refractivity contribution in [2.75, 3.05) is 26.3 Å². The summed E-state index contributed by atoms with van der Waals surface area (Å²) < 4.78 is 12.8. The normalized spacial score (nSPS) is 19.1. The molecular formula is C29H37IN2O6. The quantitative estimate of drug-likeness (QED) is 0.231. The summed E-state index contributed by atoms with van der Waals surface area (Å²) in [4.78, 5) is 28.2. The molecule has 0 aromatic heterocycles. The van der Waals surface area contributed by atoms with Crippen molar-refractivity contribution in [1.29, 1.82) is 0 Å². The number of carbonyl (C=O) groups excluding carboxylic acids is 2. The second-order valence-electron chi connectivity index (χ2n) is 9.47. The molecule has 0 saturated carbocycles. The average molecular weight is 637 g/mol. The Labute approximate surface area is 238 Å². The van der Waals surface area contributed by atoms with Gasteiger partial charge in [0.25, 0.3) is 0 Å². The van der Waals surface area contributed by atoms with Gasteiger partial charge in [0.05, 0.1) is 28.7 Å². The Morgan fingerprint density at radius 3 is 2.53 bits per heavy atom. The molecule has 2 aromatic rings. The summed E-state index contributed by atoms with van der Waals surface area (Å²) in [5.41, 5.74) is 1.27. The largest absolute Gasteiger partial charge is 0.482 e. The summed E-state index contributed by atoms with van der Waals surface area (Å²) in [6.07, 6.45) is 0.700. The lowest BCUT2D eigenvalue weighted by Gasteiger charge is -2.40. The molecule has 3 N–H and O–H groups in total. The average Bonchev–Trinajstić information content (AvgIpc) is 2.90. The number of ether oxygens (including phenoxy) is 2. The number of nitrogens with one attached hydrogen (secondary N) is 1. The zero-order valence-electron chi connectivity index (χ0n) is 21.9. The first-order chi connectivity index (χ1) is 18.3. The monoisotopic (exact) mass is 636 g/mol. The number of aliphatic hydroxyl groups excluding tert-OH is 2. The molecule has 0 spiro atoms. The molecule has 3 rings (SSSR count). The third kappa shape index (κ3) is 8.79. The molecule has 3 atom stereocenters. The summed E-state index contributed by atoms with van der Waals surface area (Å²) in [5, 5.41) is 23.4. The van der Waals surface area contributed by atoms with Gasteiger partial charge in [-0.15, -0.1) is 0 Å². The Kier molecular flexibility index (Phi) is 12.0. The van der Waals surface area contributed by atoms with Crippen LogP contribution >= 0.6 is 22.6 Å². The maximum absolute atomic E-state index is 13.6. The van der Waals surface area contributed by atoms with Gasteiger partial charge < -0.3 is 29.9 Å². The van der Waals surface area contributed by atoms with Gasteiger partial charge in [-0.2, -0.15) is 0 Å². The van der Waals surface area contributed by atoms with Crippen LogP contribution in [0.25, 0.3) is 0 Å². The first-order valence-electron chi connectivity index (χ1n) is 12.9. The number of hydrogen-bond donors (Lipinski definition) is 3. The molecule has 0 fully saturated rings. The van der Waals surface area contributed by atoms with E-state index in [0.29, 0.717) is 30.9 Å². The highest BCUT2D eigenvalue weighted by Crippen LogP contribution is 2.30. The second-order valence-corrected chi connectivity index (χ2v) is 10.6. The van der Waals surface area contributed by atoms with Crippen molar-refractivity contribution in [3.05, 3.63) is 75.4 Å². The summed E-state index contributed by atoms with van der Waals surface area (Å²) in [6.45, 7) is 4.66. The molecule has 0 radical (unpaired) electrons. The number of nitrogens with zero attached hydrogens (tertiary/aromatic N) is 1. The molecule has 2 aromatic carbocycles. The fourth-order valence-electron chi connectivity index (χ4n) is 4.37. The minimum absolute atomic E-state index is 0.0691. The van der Waals surface area contributed by atoms with Gasteiger partial charge in [0, 0.05) is 31.7 Å². The predicted octanol–water partition coefficient (Wildman–Crippen LogP) is 3.09. The second kappa shape index (κ2) is 15.2. The fourth-order valence-corrected chi connectivity index (χ4v) is 4.88. The van der Waals surface area contributed by atoms with E-state index in [0.717, 1.165) is 9.13 Å². The van der Waals surface area contributed by atoms with Crippen LogP contribution in [0.5, 0.6) is 5.75 Å². The van der Waals surface area contributed by atoms with Crippen LogP contribution in [0.4, 0.5) is 0 Å². The number of rotatable bonds is 13. The minimum atomic E-state index is -1.06. The van der Waals surface area contributed by atoms with E-state index in [9.17, 15) is 19.8 Å². The van der Waals surface area contributed by atoms with Crippen LogP contribution in [-0.4, -0.2) is 77.6 Å². The first-order valence-corrected chi connectivity index (χ1v) is 14.0. The Morgan fingerprint density at radius 1 is 1.13 bits per heavy atom. The molecule has 0 unspecified atom stereocenters. The van der Waals surface area contributed by atoms with Gasteiger partial charge in [-0.05, 0) is 66.6 Å². The number of benzene rings is 2. The van der Waals surface area contributed by atoms with E-state index in [4.69, 9.17) is 9.47 Å². The molecule has 1 aliphatic rings. The summed E-state index contributed by atoms with van der Waals surface area (Å²) in [7, 11) is 0. The maximum Gasteiger partial charge on any atom is 0.247 e. The number of para-hydroxylation sites is 1. The van der Waals surface area contributed by atoms with Gasteiger partial charge in [0.2, 0.25) is 11.8 Å². The topological polar surface area (TPSA) is 108 Å². The Morgan fingerprint density at radius 2 is 1.84 bits per heavy atom. The van der Waals surface area contributed by atoms with E-state index >= 15 is 0 Å². The molecule has 206 valence electrons. The van der Waals surface area contributed by atoms with E-state index in [1.807, 2.05) is 62.4 Å². The van der Waals surface area contributed by atoms with E-state index in [1.165, 1.54) is 0 Å². The van der Waals surface area contributed by atoms with Crippen LogP contribution in [0, 0.1) is 3.57 Å². The number of aliphatic hydroxyl groups is 2. The van der Waals surface area contributed by atoms with E-state index in [2.05, 4.69) is 27.9 Å². The third-order valence-corrected chi connectivity index (χ3v) is 7.12. The highest BCUT2D eigenvalue weighted by molar-refractivity contribution is 14.1. The lowest BCUT2D eigenvalue weighted by Crippen LogP contribution is -2.55. The molecule has 1 aliphatic carbocycles. The van der Waals surface area contributed by atoms with Crippen molar-refractivity contribution in [2.24, 2.45) is 0 Å². The van der Waals surface area contributed by atoms with Crippen LogP contribution < -0.4 is 10.1 Å². The fraction of sp³-hybridized carbons (Fsp3) is 0.448. The molecule has 38 heavy (non-hydrogen) atoms. The van der Waals surface area contributed by atoms with Gasteiger partial charge in [-0.3, -0.25) is 9.59 Å². The van der Waals surface area contributed by atoms with Gasteiger partial charge in [0.1, 0.15) is 18.0 Å². The summed E-state index contributed by atoms with van der Waals surface area (Å²) in [6, 6.07) is 16.2. The van der Waals surface area contributed by atoms with Crippen molar-refractivity contribution in [3.8, 4) is 5.75 Å². The lowest BCUT2D eigenvalue weighted by molar-refractivity contribution is -0.138. The number of hydrogen-bond acceptors (Lipinski definition) is 6. The van der Waals surface area contributed by atoms with Crippen LogP contribution in [0.2, 0.25) is 0 Å². The molecule has 0 saturated heterocycles. The van der Waals surface area contributed by atoms with E-state index in [1.54, 1.807) is 17.0 Å². The number of halogens is 1. The number of amides is 2. The van der Waals surface area contributed by atoms with E-state index < -0.39 is 18.2 Å². The zero-order chi connectivity index (χ0) is 27.5. The molecule has 8 nitrogen and oxygen atoms in total. The summed E-state index contributed by atoms with van der Waals surface area (Å²) >= 11 is 2.16. The van der Waals surface area contributed by atoms with Gasteiger partial charge in [-0.25, -0.2) is 0 Å². The SMILES string of the molecule is CC(C)OCCCN(C(=O)Cc1ccccc1)[C@@H]1CC(C(=O)NCCO)=C[C@H](Oc2ccccc2I)[C@H]1O. The lowest BCUT2D eigenvalue weighted by atomic mass is 9.87. The third-order valence-electron chi connectivity index (χ3n) is 6.23. The molecule has 0 bridgehead atoms. The smallest absolute Gasteiger partial charge is 0.247 e. The molecular weight excluding hydrogens is 599 g/mol. The Balaban J connectivity index is 1.90. The van der Waals surface area contributed by atoms with Crippen LogP contribution in [-0.2, 0) is 20.7 Å². The van der Waals surface area contributed by atoms with Crippen LogP contribution in [0.1, 0.15) is 32.3 Å². The number of carbonyl (C=O) groups is 2. The van der Waals surface area contributed by atoms with Gasteiger partial charge in [-0.1, -0.05) is 42.5 Å². The predicted molar refractivity (Wildman–Crippen MR) is 154 cm³/mol. The van der Waals surface area contributed by atoms with Crippen molar-refractivity contribution in [1.82, 2.24) is 10.2 Å². The highest BCUT2D eigenvalue weighted by Gasteiger charge is 2.40. The Bertz CT molecular complexity index is 1080. The highest BCUT2D eigenvalue weighted by atomic mass is 127. The maximum atomic E-state index is 13.6. The van der Waals surface area contributed by atoms with Gasteiger partial charge in [0.15, 0.2) is 0 Å². The van der Waals surface area contributed by atoms with Gasteiger partial charge >= 0.3 is 0 Å².